The van der Waals surface area contributed by atoms with Crippen LogP contribution < -0.4 is 0 Å². The highest BCUT2D eigenvalue weighted by Crippen LogP contribution is 2.21. The van der Waals surface area contributed by atoms with Crippen LogP contribution in [0.3, 0.4) is 0 Å². The molecule has 1 aliphatic rings. The summed E-state index contributed by atoms with van der Waals surface area (Å²) in [6, 6.07) is 0. The minimum Gasteiger partial charge on any atom is -0.467 e. The SMILES string of the molecule is COC(=O)C(C)(O)CN1CCC(C)C(OC)C1. The summed E-state index contributed by atoms with van der Waals surface area (Å²) >= 11 is 0. The summed E-state index contributed by atoms with van der Waals surface area (Å²) in [5.74, 6) is -0.0792. The fraction of sp³-hybridized carbons (Fsp3) is 0.917. The summed E-state index contributed by atoms with van der Waals surface area (Å²) in [5, 5.41) is 10.0. The van der Waals surface area contributed by atoms with Gasteiger partial charge in [-0.15, -0.1) is 0 Å². The molecule has 0 aromatic heterocycles. The molecule has 5 heteroatoms. The van der Waals surface area contributed by atoms with E-state index in [1.54, 1.807) is 7.11 Å². The van der Waals surface area contributed by atoms with Crippen molar-refractivity contribution in [2.45, 2.75) is 32.0 Å². The molecule has 1 saturated heterocycles. The second kappa shape index (κ2) is 5.80. The maximum atomic E-state index is 11.4. The summed E-state index contributed by atoms with van der Waals surface area (Å²) in [4.78, 5) is 13.4. The van der Waals surface area contributed by atoms with E-state index in [4.69, 9.17) is 4.74 Å². The zero-order valence-corrected chi connectivity index (χ0v) is 11.1. The monoisotopic (exact) mass is 245 g/mol. The molecule has 5 nitrogen and oxygen atoms in total. The Kier molecular flexibility index (Phi) is 4.91. The highest BCUT2D eigenvalue weighted by Gasteiger charge is 2.36. The van der Waals surface area contributed by atoms with Crippen LogP contribution in [0.15, 0.2) is 0 Å². The molecule has 1 rings (SSSR count). The van der Waals surface area contributed by atoms with E-state index in [1.807, 2.05) is 4.90 Å². The Morgan fingerprint density at radius 2 is 2.18 bits per heavy atom. The largest absolute Gasteiger partial charge is 0.467 e. The normalized spacial score (nSPS) is 29.7. The highest BCUT2D eigenvalue weighted by atomic mass is 16.5. The van der Waals surface area contributed by atoms with Gasteiger partial charge in [0.1, 0.15) is 0 Å². The van der Waals surface area contributed by atoms with Crippen LogP contribution in [0.4, 0.5) is 0 Å². The van der Waals surface area contributed by atoms with Gasteiger partial charge in [-0.2, -0.15) is 0 Å². The van der Waals surface area contributed by atoms with Crippen molar-refractivity contribution < 1.29 is 19.4 Å². The minimum absolute atomic E-state index is 0.164. The van der Waals surface area contributed by atoms with E-state index < -0.39 is 11.6 Å². The molecule has 0 spiro atoms. The first-order valence-electron chi connectivity index (χ1n) is 5.96. The van der Waals surface area contributed by atoms with Gasteiger partial charge in [-0.3, -0.25) is 4.90 Å². The maximum absolute atomic E-state index is 11.4. The van der Waals surface area contributed by atoms with E-state index in [0.29, 0.717) is 5.92 Å². The van der Waals surface area contributed by atoms with Crippen LogP contribution in [-0.4, -0.2) is 61.5 Å². The van der Waals surface area contributed by atoms with E-state index in [-0.39, 0.29) is 12.6 Å². The van der Waals surface area contributed by atoms with E-state index in [9.17, 15) is 9.90 Å². The van der Waals surface area contributed by atoms with Gasteiger partial charge in [0, 0.05) is 20.2 Å². The van der Waals surface area contributed by atoms with Crippen molar-refractivity contribution in [3.05, 3.63) is 0 Å². The van der Waals surface area contributed by atoms with Crippen LogP contribution in [0, 0.1) is 5.92 Å². The second-order valence-electron chi connectivity index (χ2n) is 5.04. The molecule has 3 atom stereocenters. The van der Waals surface area contributed by atoms with Crippen molar-refractivity contribution in [2.24, 2.45) is 5.92 Å². The average Bonchev–Trinajstić information content (AvgIpc) is 2.30. The number of rotatable bonds is 4. The Morgan fingerprint density at radius 1 is 1.53 bits per heavy atom. The topological polar surface area (TPSA) is 59.0 Å². The standard InChI is InChI=1S/C12H23NO4/c1-9-5-6-13(7-10(9)16-3)8-12(2,15)11(14)17-4/h9-10,15H,5-8H2,1-4H3. The third-order valence-corrected chi connectivity index (χ3v) is 3.43. The summed E-state index contributed by atoms with van der Waals surface area (Å²) in [7, 11) is 2.98. The third kappa shape index (κ3) is 3.66. The predicted molar refractivity (Wildman–Crippen MR) is 63.7 cm³/mol. The van der Waals surface area contributed by atoms with Crippen molar-refractivity contribution in [3.63, 3.8) is 0 Å². The molecular formula is C12H23NO4. The van der Waals surface area contributed by atoms with E-state index in [2.05, 4.69) is 11.7 Å². The van der Waals surface area contributed by atoms with Crippen molar-refractivity contribution >= 4 is 5.97 Å². The number of ether oxygens (including phenoxy) is 2. The molecule has 1 heterocycles. The number of likely N-dealkylation sites (tertiary alicyclic amines) is 1. The van der Waals surface area contributed by atoms with E-state index >= 15 is 0 Å². The zero-order chi connectivity index (χ0) is 13.1. The van der Waals surface area contributed by atoms with Crippen LogP contribution in [0.5, 0.6) is 0 Å². The van der Waals surface area contributed by atoms with Crippen LogP contribution in [0.1, 0.15) is 20.3 Å². The van der Waals surface area contributed by atoms with Gasteiger partial charge in [0.2, 0.25) is 0 Å². The number of hydrogen-bond acceptors (Lipinski definition) is 5. The number of esters is 1. The first kappa shape index (κ1) is 14.4. The second-order valence-corrected chi connectivity index (χ2v) is 5.04. The van der Waals surface area contributed by atoms with Crippen molar-refractivity contribution in [1.82, 2.24) is 4.90 Å². The van der Waals surface area contributed by atoms with Crippen LogP contribution >= 0.6 is 0 Å². The third-order valence-electron chi connectivity index (χ3n) is 3.43. The molecule has 0 amide bonds. The van der Waals surface area contributed by atoms with Gasteiger partial charge < -0.3 is 14.6 Å². The van der Waals surface area contributed by atoms with Gasteiger partial charge in [-0.1, -0.05) is 6.92 Å². The van der Waals surface area contributed by atoms with Crippen LogP contribution in [0.25, 0.3) is 0 Å². The summed E-state index contributed by atoms with van der Waals surface area (Å²) in [6.07, 6.45) is 1.17. The van der Waals surface area contributed by atoms with Gasteiger partial charge in [-0.05, 0) is 25.8 Å². The molecule has 0 aliphatic carbocycles. The first-order chi connectivity index (χ1) is 7.90. The van der Waals surface area contributed by atoms with Crippen LogP contribution in [0.2, 0.25) is 0 Å². The van der Waals surface area contributed by atoms with E-state index in [1.165, 1.54) is 14.0 Å². The number of aliphatic hydroxyl groups is 1. The Balaban J connectivity index is 2.55. The van der Waals surface area contributed by atoms with Crippen molar-refractivity contribution in [3.8, 4) is 0 Å². The molecule has 0 aromatic rings. The molecule has 3 unspecified atom stereocenters. The maximum Gasteiger partial charge on any atom is 0.338 e. The summed E-state index contributed by atoms with van der Waals surface area (Å²) in [6.45, 7) is 5.54. The zero-order valence-electron chi connectivity index (χ0n) is 11.1. The molecule has 1 aliphatic heterocycles. The predicted octanol–water partition coefficient (Wildman–Crippen LogP) is 0.267. The Bertz CT molecular complexity index is 267. The number of methoxy groups -OCH3 is 2. The fourth-order valence-electron chi connectivity index (χ4n) is 2.27. The highest BCUT2D eigenvalue weighted by molar-refractivity contribution is 5.78. The Labute approximate surface area is 103 Å². The fourth-order valence-corrected chi connectivity index (χ4v) is 2.27. The Morgan fingerprint density at radius 3 is 2.71 bits per heavy atom. The van der Waals surface area contributed by atoms with Gasteiger partial charge in [0.15, 0.2) is 5.60 Å². The molecular weight excluding hydrogens is 222 g/mol. The molecule has 0 bridgehead atoms. The number of hydrogen-bond donors (Lipinski definition) is 1. The molecule has 0 saturated carbocycles. The van der Waals surface area contributed by atoms with Gasteiger partial charge in [0.05, 0.1) is 13.2 Å². The molecule has 0 aromatic carbocycles. The quantitative estimate of drug-likeness (QED) is 0.720. The number of carbonyl (C=O) groups excluding carboxylic acids is 1. The van der Waals surface area contributed by atoms with E-state index in [0.717, 1.165) is 19.5 Å². The molecule has 1 fully saturated rings. The van der Waals surface area contributed by atoms with Gasteiger partial charge in [-0.25, -0.2) is 4.79 Å². The average molecular weight is 245 g/mol. The molecule has 0 radical (unpaired) electrons. The lowest BCUT2D eigenvalue weighted by atomic mass is 9.94. The molecule has 100 valence electrons. The lowest BCUT2D eigenvalue weighted by Gasteiger charge is -2.38. The number of β-amino-alcohol motifs (C(OH)–C–C–N with tert-alkyl or cyclic N) is 1. The van der Waals surface area contributed by atoms with Crippen molar-refractivity contribution in [2.75, 3.05) is 33.9 Å². The Hall–Kier alpha value is -0.650. The number of carbonyl (C=O) groups is 1. The number of nitrogens with zero attached hydrogens (tertiary/aromatic N) is 1. The molecule has 17 heavy (non-hydrogen) atoms. The molecule has 1 N–H and O–H groups in total. The lowest BCUT2D eigenvalue weighted by Crippen LogP contribution is -2.52. The van der Waals surface area contributed by atoms with Gasteiger partial charge in [0.25, 0.3) is 0 Å². The smallest absolute Gasteiger partial charge is 0.338 e. The number of piperidine rings is 1. The van der Waals surface area contributed by atoms with Gasteiger partial charge >= 0.3 is 5.97 Å². The lowest BCUT2D eigenvalue weighted by molar-refractivity contribution is -0.163. The minimum atomic E-state index is -1.45. The first-order valence-corrected chi connectivity index (χ1v) is 5.96. The summed E-state index contributed by atoms with van der Waals surface area (Å²) < 4.78 is 9.98. The summed E-state index contributed by atoms with van der Waals surface area (Å²) in [5.41, 5.74) is -1.45. The van der Waals surface area contributed by atoms with Crippen LogP contribution in [-0.2, 0) is 14.3 Å². The van der Waals surface area contributed by atoms with Crippen molar-refractivity contribution in [1.29, 1.82) is 0 Å².